The number of hydrogen-bond donors (Lipinski definition) is 1. The maximum Gasteiger partial charge on any atom is 0.104 e. The third-order valence-electron chi connectivity index (χ3n) is 3.51. The molecule has 94 valence electrons. The fraction of sp³-hybridized carbons (Fsp3) is 0.500. The summed E-state index contributed by atoms with van der Waals surface area (Å²) in [7, 11) is 2.20. The molecule has 2 rings (SSSR count). The lowest BCUT2D eigenvalue weighted by molar-refractivity contribution is -0.922. The Hall–Kier alpha value is -0.810. The van der Waals surface area contributed by atoms with E-state index in [4.69, 9.17) is 16.8 Å². The summed E-state index contributed by atoms with van der Waals surface area (Å²) in [5.41, 5.74) is 2.70. The van der Waals surface area contributed by atoms with E-state index in [1.165, 1.54) is 5.56 Å². The van der Waals surface area contributed by atoms with Crippen LogP contribution in [0.15, 0.2) is 18.2 Å². The molecule has 1 aromatic rings. The first kappa shape index (κ1) is 12.6. The van der Waals surface area contributed by atoms with Crippen molar-refractivity contribution in [3.05, 3.63) is 34.5 Å². The van der Waals surface area contributed by atoms with Gasteiger partial charge in [-0.25, -0.2) is 0 Å². The molecule has 5 heteroatoms. The first-order chi connectivity index (χ1) is 8.04. The lowest BCUT2D eigenvalue weighted by atomic mass is 9.97. The van der Waals surface area contributed by atoms with Gasteiger partial charge in [0.1, 0.15) is 6.54 Å². The molecule has 17 heavy (non-hydrogen) atoms. The second-order valence-corrected chi connectivity index (χ2v) is 5.27. The highest BCUT2D eigenvalue weighted by Gasteiger charge is 2.27. The lowest BCUT2D eigenvalue weighted by Crippen LogP contribution is -2.48. The van der Waals surface area contributed by atoms with Crippen LogP contribution in [0.1, 0.15) is 11.1 Å². The molecule has 1 aromatic carbocycles. The van der Waals surface area contributed by atoms with Crippen molar-refractivity contribution in [2.24, 2.45) is 0 Å². The summed E-state index contributed by atoms with van der Waals surface area (Å²) < 4.78 is 0.941. The minimum absolute atomic E-state index is 0.0816. The molecule has 0 aliphatic carbocycles. The summed E-state index contributed by atoms with van der Waals surface area (Å²) in [5, 5.41) is 19.6. The number of alkyl halides is 1. The van der Waals surface area contributed by atoms with Crippen LogP contribution < -0.4 is 5.23 Å². The highest BCUT2D eigenvalue weighted by molar-refractivity contribution is 6.17. The van der Waals surface area contributed by atoms with E-state index in [2.05, 4.69) is 7.05 Å². The van der Waals surface area contributed by atoms with Crippen LogP contribution in [-0.2, 0) is 13.0 Å². The Bertz CT molecular complexity index is 411. The molecule has 0 saturated heterocycles. The van der Waals surface area contributed by atoms with Crippen LogP contribution in [0.3, 0.4) is 0 Å². The fourth-order valence-electron chi connectivity index (χ4n) is 2.39. The number of halogens is 1. The summed E-state index contributed by atoms with van der Waals surface area (Å²) in [4.78, 5) is 0. The predicted molar refractivity (Wildman–Crippen MR) is 68.1 cm³/mol. The van der Waals surface area contributed by atoms with Crippen LogP contribution in [0.5, 0.6) is 0 Å². The van der Waals surface area contributed by atoms with Crippen LogP contribution in [0.2, 0.25) is 0 Å². The minimum Gasteiger partial charge on any atom is -0.733 e. The van der Waals surface area contributed by atoms with Crippen molar-refractivity contribution < 1.29 is 9.69 Å². The lowest BCUT2D eigenvalue weighted by Gasteiger charge is -2.38. The molecular weight excluding hydrogens is 240 g/mol. The second-order valence-electron chi connectivity index (χ2n) is 4.89. The van der Waals surface area contributed by atoms with Gasteiger partial charge in [0, 0.05) is 12.0 Å². The molecule has 1 N–H and O–H groups in total. The van der Waals surface area contributed by atoms with Crippen molar-refractivity contribution in [1.82, 2.24) is 0 Å². The summed E-state index contributed by atoms with van der Waals surface area (Å²) >= 11 is 5.82. The summed E-state index contributed by atoms with van der Waals surface area (Å²) in [6, 6.07) is 5.35. The molecule has 0 amide bonds. The van der Waals surface area contributed by atoms with E-state index in [1.807, 2.05) is 6.07 Å². The Balaban J connectivity index is 2.23. The number of hydrogen-bond acceptors (Lipinski definition) is 3. The third-order valence-corrected chi connectivity index (χ3v) is 3.68. The molecule has 4 nitrogen and oxygen atoms in total. The zero-order valence-corrected chi connectivity index (χ0v) is 10.7. The topological polar surface area (TPSA) is 46.5 Å². The van der Waals surface area contributed by atoms with Crippen molar-refractivity contribution in [2.45, 2.75) is 13.0 Å². The number of benzene rings is 1. The normalized spacial score (nSPS) is 23.3. The highest BCUT2D eigenvalue weighted by Crippen LogP contribution is 2.27. The van der Waals surface area contributed by atoms with Gasteiger partial charge in [0.05, 0.1) is 31.7 Å². The van der Waals surface area contributed by atoms with Crippen molar-refractivity contribution in [1.29, 1.82) is 0 Å². The molecule has 0 fully saturated rings. The second kappa shape index (κ2) is 4.82. The van der Waals surface area contributed by atoms with E-state index in [-0.39, 0.29) is 5.23 Å². The van der Waals surface area contributed by atoms with Gasteiger partial charge < -0.3 is 14.9 Å². The van der Waals surface area contributed by atoms with Gasteiger partial charge in [-0.05, 0) is 17.7 Å². The van der Waals surface area contributed by atoms with Gasteiger partial charge in [-0.3, -0.25) is 5.21 Å². The fourth-order valence-corrected chi connectivity index (χ4v) is 2.80. The molecule has 1 heterocycles. The monoisotopic (exact) mass is 256 g/mol. The Morgan fingerprint density at radius 3 is 2.88 bits per heavy atom. The molecule has 1 aliphatic heterocycles. The Morgan fingerprint density at radius 2 is 2.24 bits per heavy atom. The highest BCUT2D eigenvalue weighted by atomic mass is 35.5. The number of anilines is 1. The van der Waals surface area contributed by atoms with Crippen LogP contribution in [0.25, 0.3) is 0 Å². The van der Waals surface area contributed by atoms with Crippen LogP contribution >= 0.6 is 11.6 Å². The standard InChI is InChI=1S/C12H17ClN2O2/c1-15(7-5-13)6-4-10-8-12(14(16)17)3-2-11(10)9-15/h2-3,8,16H,4-7,9H2,1H3. The maximum atomic E-state index is 10.8. The molecule has 0 aromatic heterocycles. The number of fused-ring (bicyclic) bond motifs is 1. The third kappa shape index (κ3) is 2.72. The van der Waals surface area contributed by atoms with Crippen molar-refractivity contribution in [3.8, 4) is 0 Å². The first-order valence-electron chi connectivity index (χ1n) is 5.71. The van der Waals surface area contributed by atoms with Crippen LogP contribution in [0.4, 0.5) is 5.69 Å². The Labute approximate surface area is 106 Å². The minimum atomic E-state index is -0.0816. The summed E-state index contributed by atoms with van der Waals surface area (Å²) in [5.74, 6) is 0.662. The molecule has 0 bridgehead atoms. The number of rotatable bonds is 3. The molecule has 1 unspecified atom stereocenters. The van der Waals surface area contributed by atoms with Crippen molar-refractivity contribution in [2.75, 3.05) is 31.2 Å². The van der Waals surface area contributed by atoms with E-state index < -0.39 is 0 Å². The van der Waals surface area contributed by atoms with E-state index in [1.54, 1.807) is 12.1 Å². The average molecular weight is 257 g/mol. The Kier molecular flexibility index (Phi) is 3.58. The van der Waals surface area contributed by atoms with Gasteiger partial charge in [0.2, 0.25) is 0 Å². The molecule has 0 spiro atoms. The molecular formula is C12H17ClN2O2. The van der Waals surface area contributed by atoms with Crippen LogP contribution in [-0.4, -0.2) is 35.7 Å². The van der Waals surface area contributed by atoms with Gasteiger partial charge in [-0.1, -0.05) is 6.07 Å². The molecule has 1 aliphatic rings. The van der Waals surface area contributed by atoms with Crippen molar-refractivity contribution >= 4 is 17.3 Å². The zero-order valence-electron chi connectivity index (χ0n) is 9.90. The SMILES string of the molecule is C[N+]1(CCCl)CCc2cc(N([O-])O)ccc2C1. The van der Waals surface area contributed by atoms with Crippen LogP contribution in [0, 0.1) is 5.21 Å². The summed E-state index contributed by atoms with van der Waals surface area (Å²) in [6.07, 6.45) is 0.921. The first-order valence-corrected chi connectivity index (χ1v) is 6.25. The molecule has 1 atom stereocenters. The largest absolute Gasteiger partial charge is 0.733 e. The van der Waals surface area contributed by atoms with Gasteiger partial charge in [-0.2, -0.15) is 0 Å². The predicted octanol–water partition coefficient (Wildman–Crippen LogP) is 2.12. The van der Waals surface area contributed by atoms with Gasteiger partial charge in [0.15, 0.2) is 0 Å². The smallest absolute Gasteiger partial charge is 0.104 e. The average Bonchev–Trinajstić information content (AvgIpc) is 2.28. The van der Waals surface area contributed by atoms with Gasteiger partial charge in [0.25, 0.3) is 0 Å². The van der Waals surface area contributed by atoms with E-state index in [0.717, 1.165) is 36.1 Å². The summed E-state index contributed by atoms with van der Waals surface area (Å²) in [6.45, 7) is 2.91. The van der Waals surface area contributed by atoms with Gasteiger partial charge >= 0.3 is 0 Å². The molecule has 0 radical (unpaired) electrons. The quantitative estimate of drug-likeness (QED) is 0.512. The van der Waals surface area contributed by atoms with Gasteiger partial charge in [-0.15, -0.1) is 11.6 Å². The number of likely N-dealkylation sites (N-methyl/N-ethyl adjacent to an activating group) is 1. The number of nitrogens with zero attached hydrogens (tertiary/aromatic N) is 2. The van der Waals surface area contributed by atoms with Crippen molar-refractivity contribution in [3.63, 3.8) is 0 Å². The van der Waals surface area contributed by atoms with E-state index in [0.29, 0.717) is 11.6 Å². The zero-order chi connectivity index (χ0) is 12.5. The van der Waals surface area contributed by atoms with E-state index in [9.17, 15) is 5.21 Å². The Morgan fingerprint density at radius 1 is 1.47 bits per heavy atom. The van der Waals surface area contributed by atoms with E-state index >= 15 is 0 Å². The maximum absolute atomic E-state index is 10.8. The number of quaternary nitrogens is 1. The molecule has 0 saturated carbocycles.